The second kappa shape index (κ2) is 11.4. The minimum Gasteiger partial charge on any atom is -0.406 e. The summed E-state index contributed by atoms with van der Waals surface area (Å²) in [7, 11) is 0. The molecule has 2 N–H and O–H groups in total. The van der Waals surface area contributed by atoms with Gasteiger partial charge in [0.25, 0.3) is 0 Å². The summed E-state index contributed by atoms with van der Waals surface area (Å²) in [6.45, 7) is 6.60. The standard InChI is InChI=1S/C19H21F3N4O2.C2H6/c20-19(21,22)28-17-3-1-15(2-4-17)24-18(27)25-16-7-11-26(12-8-16)13-14-5-9-23-10-6-14;1-2/h1-6,9-10,16H,7-8,11-13H2,(H2,24,25,27);1-2H3. The zero-order valence-electron chi connectivity index (χ0n) is 17.1. The predicted octanol–water partition coefficient (Wildman–Crippen LogP) is 4.79. The van der Waals surface area contributed by atoms with Crippen molar-refractivity contribution >= 4 is 11.7 Å². The van der Waals surface area contributed by atoms with Crippen LogP contribution in [0.15, 0.2) is 48.8 Å². The van der Waals surface area contributed by atoms with Gasteiger partial charge in [0.1, 0.15) is 5.75 Å². The first kappa shape index (κ1) is 23.5. The summed E-state index contributed by atoms with van der Waals surface area (Å²) in [5.41, 5.74) is 1.60. The molecule has 2 aromatic rings. The van der Waals surface area contributed by atoms with Gasteiger partial charge in [0.05, 0.1) is 0 Å². The summed E-state index contributed by atoms with van der Waals surface area (Å²) in [5, 5.41) is 5.53. The number of likely N-dealkylation sites (tertiary alicyclic amines) is 1. The maximum atomic E-state index is 12.2. The number of carbonyl (C=O) groups excluding carboxylic acids is 1. The lowest BCUT2D eigenvalue weighted by molar-refractivity contribution is -0.274. The average Bonchev–Trinajstić information content (AvgIpc) is 2.72. The molecule has 0 spiro atoms. The number of alkyl halides is 3. The molecule has 1 aromatic heterocycles. The van der Waals surface area contributed by atoms with Crippen LogP contribution in [-0.4, -0.2) is 41.4 Å². The van der Waals surface area contributed by atoms with Gasteiger partial charge >= 0.3 is 12.4 Å². The topological polar surface area (TPSA) is 66.5 Å². The molecule has 1 aromatic carbocycles. The van der Waals surface area contributed by atoms with Crippen molar-refractivity contribution in [2.24, 2.45) is 0 Å². The molecule has 0 unspecified atom stereocenters. The second-order valence-electron chi connectivity index (χ2n) is 6.58. The van der Waals surface area contributed by atoms with E-state index < -0.39 is 6.36 Å². The molecule has 1 aliphatic rings. The number of nitrogens with one attached hydrogen (secondary N) is 2. The zero-order valence-corrected chi connectivity index (χ0v) is 17.1. The Morgan fingerprint density at radius 3 is 2.27 bits per heavy atom. The Kier molecular flexibility index (Phi) is 8.91. The number of amides is 2. The fraction of sp³-hybridized carbons (Fsp3) is 0.429. The lowest BCUT2D eigenvalue weighted by atomic mass is 10.0. The molecule has 0 aliphatic carbocycles. The van der Waals surface area contributed by atoms with Crippen molar-refractivity contribution in [3.8, 4) is 5.75 Å². The van der Waals surface area contributed by atoms with Crippen LogP contribution in [0.4, 0.5) is 23.7 Å². The third kappa shape index (κ3) is 8.28. The van der Waals surface area contributed by atoms with E-state index in [1.807, 2.05) is 26.0 Å². The van der Waals surface area contributed by atoms with E-state index in [1.54, 1.807) is 12.4 Å². The summed E-state index contributed by atoms with van der Waals surface area (Å²) >= 11 is 0. The number of piperidine rings is 1. The van der Waals surface area contributed by atoms with Crippen LogP contribution in [0.3, 0.4) is 0 Å². The Balaban J connectivity index is 0.00000155. The largest absolute Gasteiger partial charge is 0.573 e. The highest BCUT2D eigenvalue weighted by molar-refractivity contribution is 5.89. The lowest BCUT2D eigenvalue weighted by Gasteiger charge is -2.32. The number of urea groups is 1. The number of ether oxygens (including phenoxy) is 1. The zero-order chi connectivity index (χ0) is 22.0. The Hall–Kier alpha value is -2.81. The van der Waals surface area contributed by atoms with Gasteiger partial charge in [-0.05, 0) is 54.8 Å². The number of pyridine rings is 1. The van der Waals surface area contributed by atoms with Gasteiger partial charge < -0.3 is 15.4 Å². The van der Waals surface area contributed by atoms with Crippen LogP contribution in [0.5, 0.6) is 5.75 Å². The predicted molar refractivity (Wildman–Crippen MR) is 109 cm³/mol. The molecule has 164 valence electrons. The van der Waals surface area contributed by atoms with Crippen LogP contribution in [0, 0.1) is 0 Å². The first-order valence-electron chi connectivity index (χ1n) is 9.92. The maximum absolute atomic E-state index is 12.2. The highest BCUT2D eigenvalue weighted by atomic mass is 19.4. The molecular weight excluding hydrogens is 397 g/mol. The normalized spacial score (nSPS) is 15.0. The van der Waals surface area contributed by atoms with Gasteiger partial charge in [0, 0.05) is 43.8 Å². The van der Waals surface area contributed by atoms with Crippen molar-refractivity contribution in [2.45, 2.75) is 45.6 Å². The van der Waals surface area contributed by atoms with Crippen LogP contribution >= 0.6 is 0 Å². The van der Waals surface area contributed by atoms with E-state index in [0.29, 0.717) is 5.69 Å². The van der Waals surface area contributed by atoms with Crippen LogP contribution in [0.2, 0.25) is 0 Å². The highest BCUT2D eigenvalue weighted by Crippen LogP contribution is 2.24. The third-order valence-electron chi connectivity index (χ3n) is 4.42. The summed E-state index contributed by atoms with van der Waals surface area (Å²) in [6.07, 6.45) is 0.470. The molecule has 1 saturated heterocycles. The Morgan fingerprint density at radius 1 is 1.10 bits per heavy atom. The van der Waals surface area contributed by atoms with Crippen molar-refractivity contribution in [2.75, 3.05) is 18.4 Å². The number of anilines is 1. The van der Waals surface area contributed by atoms with E-state index in [4.69, 9.17) is 0 Å². The van der Waals surface area contributed by atoms with E-state index in [9.17, 15) is 18.0 Å². The molecule has 0 atom stereocenters. The van der Waals surface area contributed by atoms with Crippen LogP contribution < -0.4 is 15.4 Å². The Morgan fingerprint density at radius 2 is 1.70 bits per heavy atom. The molecule has 1 fully saturated rings. The summed E-state index contributed by atoms with van der Waals surface area (Å²) < 4.78 is 40.3. The second-order valence-corrected chi connectivity index (χ2v) is 6.58. The van der Waals surface area contributed by atoms with Gasteiger partial charge in [-0.25, -0.2) is 4.79 Å². The highest BCUT2D eigenvalue weighted by Gasteiger charge is 2.31. The number of nitrogens with zero attached hydrogens (tertiary/aromatic N) is 2. The summed E-state index contributed by atoms with van der Waals surface area (Å²) in [4.78, 5) is 18.4. The smallest absolute Gasteiger partial charge is 0.406 e. The van der Waals surface area contributed by atoms with Gasteiger partial charge in [-0.15, -0.1) is 13.2 Å². The molecule has 9 heteroatoms. The van der Waals surface area contributed by atoms with Crippen molar-refractivity contribution in [1.29, 1.82) is 0 Å². The molecule has 2 amide bonds. The molecular formula is C21H27F3N4O2. The maximum Gasteiger partial charge on any atom is 0.573 e. The van der Waals surface area contributed by atoms with Crippen LogP contribution in [0.25, 0.3) is 0 Å². The molecule has 0 bridgehead atoms. The molecule has 0 saturated carbocycles. The van der Waals surface area contributed by atoms with Gasteiger partial charge in [0.2, 0.25) is 0 Å². The van der Waals surface area contributed by atoms with Crippen molar-refractivity contribution in [3.63, 3.8) is 0 Å². The third-order valence-corrected chi connectivity index (χ3v) is 4.42. The number of aromatic nitrogens is 1. The SMILES string of the molecule is CC.O=C(Nc1ccc(OC(F)(F)F)cc1)NC1CCN(Cc2ccncc2)CC1. The van der Waals surface area contributed by atoms with Gasteiger partial charge in [-0.3, -0.25) is 9.88 Å². The van der Waals surface area contributed by atoms with Crippen LogP contribution in [-0.2, 0) is 6.54 Å². The van der Waals surface area contributed by atoms with E-state index >= 15 is 0 Å². The fourth-order valence-corrected chi connectivity index (χ4v) is 3.07. The minimum atomic E-state index is -4.74. The van der Waals surface area contributed by atoms with Crippen LogP contribution in [0.1, 0.15) is 32.3 Å². The van der Waals surface area contributed by atoms with E-state index in [-0.39, 0.29) is 17.8 Å². The summed E-state index contributed by atoms with van der Waals surface area (Å²) in [5.74, 6) is -0.333. The monoisotopic (exact) mass is 424 g/mol. The first-order chi connectivity index (χ1) is 14.4. The number of hydrogen-bond acceptors (Lipinski definition) is 4. The van der Waals surface area contributed by atoms with Gasteiger partial charge in [-0.1, -0.05) is 13.8 Å². The molecule has 3 rings (SSSR count). The molecule has 1 aliphatic heterocycles. The van der Waals surface area contributed by atoms with E-state index in [0.717, 1.165) is 44.6 Å². The van der Waals surface area contributed by atoms with E-state index in [2.05, 4.69) is 25.3 Å². The summed E-state index contributed by atoms with van der Waals surface area (Å²) in [6, 6.07) is 8.68. The van der Waals surface area contributed by atoms with Crippen molar-refractivity contribution < 1.29 is 22.7 Å². The number of carbonyl (C=O) groups is 1. The molecule has 30 heavy (non-hydrogen) atoms. The number of benzene rings is 1. The molecule has 0 radical (unpaired) electrons. The molecule has 6 nitrogen and oxygen atoms in total. The lowest BCUT2D eigenvalue weighted by Crippen LogP contribution is -2.45. The quantitative estimate of drug-likeness (QED) is 0.724. The Labute approximate surface area is 174 Å². The van der Waals surface area contributed by atoms with E-state index in [1.165, 1.54) is 17.7 Å². The number of halogens is 3. The fourth-order valence-electron chi connectivity index (χ4n) is 3.07. The minimum absolute atomic E-state index is 0.0570. The number of hydrogen-bond donors (Lipinski definition) is 2. The Bertz CT molecular complexity index is 762. The van der Waals surface area contributed by atoms with Crippen molar-refractivity contribution in [1.82, 2.24) is 15.2 Å². The molecule has 2 heterocycles. The number of rotatable bonds is 5. The van der Waals surface area contributed by atoms with Crippen molar-refractivity contribution in [3.05, 3.63) is 54.4 Å². The average molecular weight is 424 g/mol. The van der Waals surface area contributed by atoms with Gasteiger partial charge in [0.15, 0.2) is 0 Å². The van der Waals surface area contributed by atoms with Gasteiger partial charge in [-0.2, -0.15) is 0 Å². The first-order valence-corrected chi connectivity index (χ1v) is 9.92.